The maximum atomic E-state index is 13.0. The summed E-state index contributed by atoms with van der Waals surface area (Å²) in [7, 11) is 1.78. The van der Waals surface area contributed by atoms with Crippen molar-refractivity contribution in [3.05, 3.63) is 94.3 Å². The highest BCUT2D eigenvalue weighted by Crippen LogP contribution is 2.28. The molecule has 1 heterocycles. The molecule has 5 heteroatoms. The van der Waals surface area contributed by atoms with E-state index in [-0.39, 0.29) is 11.8 Å². The summed E-state index contributed by atoms with van der Waals surface area (Å²) in [5.41, 5.74) is 4.82. The predicted molar refractivity (Wildman–Crippen MR) is 123 cm³/mol. The van der Waals surface area contributed by atoms with E-state index in [2.05, 4.69) is 29.6 Å². The number of carbonyl (C=O) groups is 2. The minimum Gasteiger partial charge on any atom is -0.461 e. The highest BCUT2D eigenvalue weighted by molar-refractivity contribution is 6.01. The molecule has 0 aliphatic heterocycles. The smallest absolute Gasteiger partial charge is 0.355 e. The summed E-state index contributed by atoms with van der Waals surface area (Å²) in [6.07, 6.45) is 0.773. The molecule has 2 aromatic carbocycles. The van der Waals surface area contributed by atoms with Gasteiger partial charge in [-0.05, 0) is 43.9 Å². The third-order valence-corrected chi connectivity index (χ3v) is 5.75. The number of rotatable bonds is 8. The molecule has 0 saturated carbocycles. The highest BCUT2D eigenvalue weighted by Gasteiger charge is 2.25. The van der Waals surface area contributed by atoms with E-state index in [0.29, 0.717) is 30.0 Å². The Hall–Kier alpha value is -3.34. The van der Waals surface area contributed by atoms with Gasteiger partial charge in [0, 0.05) is 25.2 Å². The molecule has 0 spiro atoms. The van der Waals surface area contributed by atoms with Gasteiger partial charge in [-0.2, -0.15) is 0 Å². The molecule has 0 bridgehead atoms. The summed E-state index contributed by atoms with van der Waals surface area (Å²) < 4.78 is 6.89. The normalized spacial score (nSPS) is 10.9. The quantitative estimate of drug-likeness (QED) is 0.536. The van der Waals surface area contributed by atoms with Crippen molar-refractivity contribution in [1.82, 2.24) is 9.88 Å². The number of carbonyl (C=O) groups excluding carboxylic acids is 2. The van der Waals surface area contributed by atoms with Gasteiger partial charge < -0.3 is 14.6 Å². The van der Waals surface area contributed by atoms with Gasteiger partial charge in [0.15, 0.2) is 0 Å². The summed E-state index contributed by atoms with van der Waals surface area (Å²) in [5.74, 6) is -0.380. The van der Waals surface area contributed by atoms with Crippen molar-refractivity contribution in [2.45, 2.75) is 33.1 Å². The average molecular weight is 419 g/mol. The van der Waals surface area contributed by atoms with Gasteiger partial charge >= 0.3 is 5.97 Å². The van der Waals surface area contributed by atoms with Crippen LogP contribution in [0.3, 0.4) is 0 Å². The monoisotopic (exact) mass is 418 g/mol. The van der Waals surface area contributed by atoms with Crippen LogP contribution in [0.4, 0.5) is 0 Å². The molecule has 3 rings (SSSR count). The van der Waals surface area contributed by atoms with Crippen molar-refractivity contribution < 1.29 is 14.3 Å². The van der Waals surface area contributed by atoms with E-state index < -0.39 is 5.97 Å². The lowest BCUT2D eigenvalue weighted by Crippen LogP contribution is -2.27. The van der Waals surface area contributed by atoms with Gasteiger partial charge in [0.2, 0.25) is 0 Å². The molecule has 1 amide bonds. The number of nitrogens with one attached hydrogen (secondary N) is 1. The Kier molecular flexibility index (Phi) is 7.29. The molecule has 0 unspecified atom stereocenters. The Morgan fingerprint density at radius 3 is 2.03 bits per heavy atom. The first kappa shape index (κ1) is 22.3. The van der Waals surface area contributed by atoms with Crippen molar-refractivity contribution in [1.29, 1.82) is 0 Å². The number of benzene rings is 2. The van der Waals surface area contributed by atoms with Crippen LogP contribution >= 0.6 is 0 Å². The maximum Gasteiger partial charge on any atom is 0.355 e. The Balaban J connectivity index is 1.76. The Labute approximate surface area is 184 Å². The fourth-order valence-corrected chi connectivity index (χ4v) is 4.12. The number of aromatic nitrogens is 1. The third-order valence-electron chi connectivity index (χ3n) is 5.75. The number of esters is 1. The predicted octanol–water partition coefficient (Wildman–Crippen LogP) is 4.77. The fourth-order valence-electron chi connectivity index (χ4n) is 4.12. The van der Waals surface area contributed by atoms with Gasteiger partial charge in [0.25, 0.3) is 5.91 Å². The first-order valence-corrected chi connectivity index (χ1v) is 10.7. The molecule has 3 aromatic rings. The molecular weight excluding hydrogens is 388 g/mol. The highest BCUT2D eigenvalue weighted by atomic mass is 16.5. The van der Waals surface area contributed by atoms with Gasteiger partial charge in [0.1, 0.15) is 5.69 Å². The lowest BCUT2D eigenvalue weighted by Gasteiger charge is -2.18. The van der Waals surface area contributed by atoms with Crippen LogP contribution in [0, 0.1) is 13.8 Å². The van der Waals surface area contributed by atoms with Crippen LogP contribution in [-0.4, -0.2) is 29.6 Å². The van der Waals surface area contributed by atoms with Gasteiger partial charge in [-0.15, -0.1) is 0 Å². The van der Waals surface area contributed by atoms with E-state index in [0.717, 1.165) is 12.1 Å². The summed E-state index contributed by atoms with van der Waals surface area (Å²) in [5, 5.41) is 3.06. The first-order chi connectivity index (χ1) is 15.0. The van der Waals surface area contributed by atoms with Crippen molar-refractivity contribution in [3.8, 4) is 0 Å². The van der Waals surface area contributed by atoms with E-state index in [1.54, 1.807) is 25.5 Å². The molecule has 5 nitrogen and oxygen atoms in total. The molecule has 0 aliphatic rings. The second-order valence-electron chi connectivity index (χ2n) is 7.63. The molecule has 1 aromatic heterocycles. The number of amides is 1. The zero-order valence-corrected chi connectivity index (χ0v) is 18.6. The Morgan fingerprint density at radius 1 is 0.968 bits per heavy atom. The molecule has 0 aliphatic carbocycles. The lowest BCUT2D eigenvalue weighted by molar-refractivity contribution is 0.0514. The molecule has 162 valence electrons. The number of hydrogen-bond donors (Lipinski definition) is 1. The van der Waals surface area contributed by atoms with Crippen molar-refractivity contribution >= 4 is 11.9 Å². The number of hydrogen-bond acceptors (Lipinski definition) is 3. The maximum absolute atomic E-state index is 13.0. The van der Waals surface area contributed by atoms with E-state index in [4.69, 9.17) is 4.74 Å². The van der Waals surface area contributed by atoms with Crippen LogP contribution in [0.1, 0.15) is 62.5 Å². The molecular formula is C26H30N2O3. The summed E-state index contributed by atoms with van der Waals surface area (Å²) >= 11 is 0. The molecule has 0 fully saturated rings. The molecule has 0 saturated heterocycles. The number of nitrogens with zero attached hydrogens (tertiary/aromatic N) is 1. The average Bonchev–Trinajstić information content (AvgIpc) is 3.00. The third kappa shape index (κ3) is 4.88. The van der Waals surface area contributed by atoms with E-state index in [1.807, 2.05) is 43.3 Å². The Morgan fingerprint density at radius 2 is 1.52 bits per heavy atom. The summed E-state index contributed by atoms with van der Waals surface area (Å²) in [6.45, 7) is 6.24. The van der Waals surface area contributed by atoms with Crippen LogP contribution in [0.25, 0.3) is 0 Å². The van der Waals surface area contributed by atoms with Gasteiger partial charge in [-0.25, -0.2) is 4.79 Å². The number of ether oxygens (including phenoxy) is 1. The molecule has 0 radical (unpaired) electrons. The van der Waals surface area contributed by atoms with Crippen LogP contribution in [0.5, 0.6) is 0 Å². The van der Waals surface area contributed by atoms with Crippen LogP contribution < -0.4 is 5.32 Å². The minimum atomic E-state index is -0.405. The van der Waals surface area contributed by atoms with E-state index >= 15 is 0 Å². The van der Waals surface area contributed by atoms with Gasteiger partial charge in [-0.1, -0.05) is 60.7 Å². The standard InChI is InChI=1S/C26H30N2O3/c1-5-31-26(30)24-18(2)23(19(3)28(24)4)25(29)27-17-16-22(20-12-8-6-9-13-20)21-14-10-7-11-15-21/h6-15,22H,5,16-17H2,1-4H3,(H,27,29). The second-order valence-corrected chi connectivity index (χ2v) is 7.63. The van der Waals surface area contributed by atoms with Crippen LogP contribution in [0.2, 0.25) is 0 Å². The fraction of sp³-hybridized carbons (Fsp3) is 0.308. The lowest BCUT2D eigenvalue weighted by atomic mass is 9.88. The molecule has 1 N–H and O–H groups in total. The largest absolute Gasteiger partial charge is 0.461 e. The Bertz CT molecular complexity index is 1000. The van der Waals surface area contributed by atoms with Gasteiger partial charge in [-0.3, -0.25) is 4.79 Å². The van der Waals surface area contributed by atoms with E-state index in [9.17, 15) is 9.59 Å². The van der Waals surface area contributed by atoms with Gasteiger partial charge in [0.05, 0.1) is 12.2 Å². The SMILES string of the molecule is CCOC(=O)c1c(C)c(C(=O)NCCC(c2ccccc2)c2ccccc2)c(C)n1C. The summed E-state index contributed by atoms with van der Waals surface area (Å²) in [6, 6.07) is 20.7. The van der Waals surface area contributed by atoms with E-state index in [1.165, 1.54) is 11.1 Å². The van der Waals surface area contributed by atoms with Crippen molar-refractivity contribution in [2.75, 3.05) is 13.2 Å². The zero-order valence-electron chi connectivity index (χ0n) is 18.6. The first-order valence-electron chi connectivity index (χ1n) is 10.7. The zero-order chi connectivity index (χ0) is 22.4. The minimum absolute atomic E-state index is 0.166. The topological polar surface area (TPSA) is 60.3 Å². The van der Waals surface area contributed by atoms with Crippen molar-refractivity contribution in [3.63, 3.8) is 0 Å². The molecule has 31 heavy (non-hydrogen) atoms. The summed E-state index contributed by atoms with van der Waals surface area (Å²) in [4.78, 5) is 25.3. The molecule has 0 atom stereocenters. The van der Waals surface area contributed by atoms with Crippen LogP contribution in [0.15, 0.2) is 60.7 Å². The van der Waals surface area contributed by atoms with Crippen molar-refractivity contribution in [2.24, 2.45) is 7.05 Å². The second kappa shape index (κ2) is 10.1. The van der Waals surface area contributed by atoms with Crippen LogP contribution in [-0.2, 0) is 11.8 Å².